The number of amides is 2. The van der Waals surface area contributed by atoms with Gasteiger partial charge in [0.25, 0.3) is 5.91 Å². The van der Waals surface area contributed by atoms with E-state index < -0.39 is 18.5 Å². The van der Waals surface area contributed by atoms with Gasteiger partial charge in [-0.25, -0.2) is 9.78 Å². The molecule has 0 aliphatic heterocycles. The first-order valence-corrected chi connectivity index (χ1v) is 8.53. The third-order valence-corrected chi connectivity index (χ3v) is 3.98. The Kier molecular flexibility index (Phi) is 5.69. The summed E-state index contributed by atoms with van der Waals surface area (Å²) >= 11 is 0. The van der Waals surface area contributed by atoms with Crippen LogP contribution in [0, 0.1) is 0 Å². The maximum atomic E-state index is 12.6. The van der Waals surface area contributed by atoms with E-state index in [0.717, 1.165) is 0 Å². The SMILES string of the molecule is CN(C)C(=O)CNC(=O)COC(=O)c1cc(-c2ccco2)nc2ccccc12. The molecular weight excluding hydrogens is 362 g/mol. The van der Waals surface area contributed by atoms with Gasteiger partial charge >= 0.3 is 5.97 Å². The molecule has 0 aliphatic rings. The number of para-hydroxylation sites is 1. The van der Waals surface area contributed by atoms with Gasteiger partial charge in [-0.3, -0.25) is 9.59 Å². The van der Waals surface area contributed by atoms with Crippen molar-refractivity contribution >= 4 is 28.7 Å². The Morgan fingerprint density at radius 3 is 2.64 bits per heavy atom. The molecule has 0 unspecified atom stereocenters. The van der Waals surface area contributed by atoms with Crippen LogP contribution in [0.2, 0.25) is 0 Å². The number of furan rings is 1. The van der Waals surface area contributed by atoms with E-state index in [1.807, 2.05) is 6.07 Å². The van der Waals surface area contributed by atoms with Gasteiger partial charge in [0.2, 0.25) is 5.91 Å². The molecule has 2 heterocycles. The summed E-state index contributed by atoms with van der Waals surface area (Å²) < 4.78 is 10.5. The number of fused-ring (bicyclic) bond motifs is 1. The quantitative estimate of drug-likeness (QED) is 0.654. The highest BCUT2D eigenvalue weighted by Gasteiger charge is 2.17. The Hall–Kier alpha value is -3.68. The van der Waals surface area contributed by atoms with Gasteiger partial charge in [-0.1, -0.05) is 18.2 Å². The minimum atomic E-state index is -0.666. The van der Waals surface area contributed by atoms with E-state index in [9.17, 15) is 14.4 Å². The third kappa shape index (κ3) is 4.35. The van der Waals surface area contributed by atoms with Gasteiger partial charge in [0, 0.05) is 19.5 Å². The summed E-state index contributed by atoms with van der Waals surface area (Å²) in [7, 11) is 3.17. The van der Waals surface area contributed by atoms with E-state index in [2.05, 4.69) is 10.3 Å². The monoisotopic (exact) mass is 381 g/mol. The normalized spacial score (nSPS) is 10.5. The second-order valence-corrected chi connectivity index (χ2v) is 6.19. The van der Waals surface area contributed by atoms with Crippen molar-refractivity contribution in [1.29, 1.82) is 0 Å². The lowest BCUT2D eigenvalue weighted by molar-refractivity contribution is -0.131. The van der Waals surface area contributed by atoms with E-state index in [4.69, 9.17) is 9.15 Å². The number of esters is 1. The molecule has 8 heteroatoms. The molecule has 0 saturated carbocycles. The number of aromatic nitrogens is 1. The highest BCUT2D eigenvalue weighted by Crippen LogP contribution is 2.25. The number of rotatable bonds is 6. The fraction of sp³-hybridized carbons (Fsp3) is 0.200. The maximum absolute atomic E-state index is 12.6. The molecule has 0 spiro atoms. The van der Waals surface area contributed by atoms with Gasteiger partial charge in [0.1, 0.15) is 5.69 Å². The van der Waals surface area contributed by atoms with Gasteiger partial charge in [-0.05, 0) is 24.3 Å². The Bertz CT molecular complexity index is 1010. The van der Waals surface area contributed by atoms with Crippen molar-refractivity contribution in [2.45, 2.75) is 0 Å². The molecule has 0 saturated heterocycles. The van der Waals surface area contributed by atoms with Crippen molar-refractivity contribution < 1.29 is 23.5 Å². The molecule has 28 heavy (non-hydrogen) atoms. The van der Waals surface area contributed by atoms with Crippen LogP contribution in [-0.2, 0) is 14.3 Å². The number of hydrogen-bond acceptors (Lipinski definition) is 6. The molecule has 2 amide bonds. The lowest BCUT2D eigenvalue weighted by atomic mass is 10.1. The predicted molar refractivity (Wildman–Crippen MR) is 101 cm³/mol. The van der Waals surface area contributed by atoms with E-state index in [0.29, 0.717) is 22.4 Å². The maximum Gasteiger partial charge on any atom is 0.339 e. The molecule has 3 aromatic rings. The summed E-state index contributed by atoms with van der Waals surface area (Å²) in [6.45, 7) is -0.656. The first-order chi connectivity index (χ1) is 13.5. The molecule has 0 fully saturated rings. The number of carbonyl (C=O) groups is 3. The summed E-state index contributed by atoms with van der Waals surface area (Å²) in [6.07, 6.45) is 1.52. The van der Waals surface area contributed by atoms with Crippen molar-refractivity contribution in [3.8, 4) is 11.5 Å². The van der Waals surface area contributed by atoms with Crippen molar-refractivity contribution in [3.63, 3.8) is 0 Å². The fourth-order valence-electron chi connectivity index (χ4n) is 2.49. The summed E-state index contributed by atoms with van der Waals surface area (Å²) in [5.41, 5.74) is 1.36. The Balaban J connectivity index is 1.76. The zero-order chi connectivity index (χ0) is 20.1. The molecular formula is C20H19N3O5. The molecule has 0 atom stereocenters. The highest BCUT2D eigenvalue weighted by molar-refractivity contribution is 6.05. The minimum Gasteiger partial charge on any atom is -0.463 e. The smallest absolute Gasteiger partial charge is 0.339 e. The predicted octanol–water partition coefficient (Wildman–Crippen LogP) is 1.86. The number of nitrogens with one attached hydrogen (secondary N) is 1. The summed E-state index contributed by atoms with van der Waals surface area (Å²) in [5.74, 6) is -0.976. The van der Waals surface area contributed by atoms with Crippen LogP contribution >= 0.6 is 0 Å². The number of nitrogens with zero attached hydrogens (tertiary/aromatic N) is 2. The van der Waals surface area contributed by atoms with E-state index >= 15 is 0 Å². The molecule has 8 nitrogen and oxygen atoms in total. The topological polar surface area (TPSA) is 102 Å². The van der Waals surface area contributed by atoms with Crippen molar-refractivity contribution in [1.82, 2.24) is 15.2 Å². The standard InChI is InChI=1S/C20H19N3O5/c1-23(2)19(25)11-21-18(24)12-28-20(26)14-10-16(17-8-5-9-27-17)22-15-7-4-3-6-13(14)15/h3-10H,11-12H2,1-2H3,(H,21,24). The van der Waals surface area contributed by atoms with Gasteiger partial charge in [-0.2, -0.15) is 0 Å². The number of likely N-dealkylation sites (N-methyl/N-ethyl adjacent to an activating group) is 1. The largest absolute Gasteiger partial charge is 0.463 e. The van der Waals surface area contributed by atoms with Crippen LogP contribution in [0.1, 0.15) is 10.4 Å². The van der Waals surface area contributed by atoms with Crippen LogP contribution in [-0.4, -0.2) is 54.9 Å². The van der Waals surface area contributed by atoms with Gasteiger partial charge in [0.15, 0.2) is 12.4 Å². The van der Waals surface area contributed by atoms with Crippen LogP contribution in [0.3, 0.4) is 0 Å². The Morgan fingerprint density at radius 2 is 1.93 bits per heavy atom. The summed E-state index contributed by atoms with van der Waals surface area (Å²) in [6, 6.07) is 12.2. The Morgan fingerprint density at radius 1 is 1.14 bits per heavy atom. The Labute approximate surface area is 161 Å². The van der Waals surface area contributed by atoms with Crippen molar-refractivity contribution in [3.05, 3.63) is 54.3 Å². The summed E-state index contributed by atoms with van der Waals surface area (Å²) in [5, 5.41) is 3.01. The highest BCUT2D eigenvalue weighted by atomic mass is 16.5. The molecule has 1 N–H and O–H groups in total. The first-order valence-electron chi connectivity index (χ1n) is 8.53. The lowest BCUT2D eigenvalue weighted by Gasteiger charge is -2.11. The first kappa shape index (κ1) is 19.1. The van der Waals surface area contributed by atoms with Crippen LogP contribution in [0.15, 0.2) is 53.1 Å². The molecule has 3 rings (SSSR count). The fourth-order valence-corrected chi connectivity index (χ4v) is 2.49. The van der Waals surface area contributed by atoms with E-state index in [1.54, 1.807) is 50.5 Å². The van der Waals surface area contributed by atoms with Crippen LogP contribution in [0.4, 0.5) is 0 Å². The third-order valence-electron chi connectivity index (χ3n) is 3.98. The van der Waals surface area contributed by atoms with Gasteiger partial charge in [-0.15, -0.1) is 0 Å². The second-order valence-electron chi connectivity index (χ2n) is 6.19. The number of ether oxygens (including phenoxy) is 1. The lowest BCUT2D eigenvalue weighted by Crippen LogP contribution is -2.38. The van der Waals surface area contributed by atoms with E-state index in [-0.39, 0.29) is 18.0 Å². The van der Waals surface area contributed by atoms with Gasteiger partial charge in [0.05, 0.1) is 23.9 Å². The zero-order valence-electron chi connectivity index (χ0n) is 15.5. The second kappa shape index (κ2) is 8.34. The molecule has 2 aromatic heterocycles. The molecule has 1 aromatic carbocycles. The van der Waals surface area contributed by atoms with Crippen LogP contribution in [0.25, 0.3) is 22.4 Å². The number of carbonyl (C=O) groups excluding carboxylic acids is 3. The summed E-state index contributed by atoms with van der Waals surface area (Å²) in [4.78, 5) is 41.8. The average molecular weight is 381 g/mol. The van der Waals surface area contributed by atoms with Crippen LogP contribution < -0.4 is 5.32 Å². The minimum absolute atomic E-state index is 0.162. The molecule has 0 bridgehead atoms. The average Bonchev–Trinajstić information content (AvgIpc) is 3.24. The molecule has 0 aliphatic carbocycles. The number of hydrogen-bond donors (Lipinski definition) is 1. The number of benzene rings is 1. The van der Waals surface area contributed by atoms with Crippen molar-refractivity contribution in [2.75, 3.05) is 27.2 Å². The number of pyridine rings is 1. The van der Waals surface area contributed by atoms with Gasteiger partial charge < -0.3 is 19.4 Å². The van der Waals surface area contributed by atoms with E-state index in [1.165, 1.54) is 11.2 Å². The van der Waals surface area contributed by atoms with Crippen molar-refractivity contribution in [2.24, 2.45) is 0 Å². The molecule has 144 valence electrons. The zero-order valence-corrected chi connectivity index (χ0v) is 15.5. The van der Waals surface area contributed by atoms with Crippen LogP contribution in [0.5, 0.6) is 0 Å². The molecule has 0 radical (unpaired) electrons.